The van der Waals surface area contributed by atoms with Crippen LogP contribution < -0.4 is 5.69 Å². The highest BCUT2D eigenvalue weighted by Gasteiger charge is 2.04. The van der Waals surface area contributed by atoms with Crippen LogP contribution in [0.2, 0.25) is 0 Å². The molecule has 0 radical (unpaired) electrons. The number of rotatable bonds is 4. The first-order chi connectivity index (χ1) is 7.68. The van der Waals surface area contributed by atoms with Crippen molar-refractivity contribution >= 4 is 5.65 Å². The first-order valence-electron chi connectivity index (χ1n) is 5.37. The summed E-state index contributed by atoms with van der Waals surface area (Å²) in [6, 6.07) is 5.55. The zero-order chi connectivity index (χ0) is 11.5. The van der Waals surface area contributed by atoms with E-state index in [0.29, 0.717) is 12.2 Å². The average molecular weight is 220 g/mol. The van der Waals surface area contributed by atoms with E-state index in [9.17, 15) is 4.79 Å². The van der Waals surface area contributed by atoms with Gasteiger partial charge in [0.05, 0.1) is 0 Å². The van der Waals surface area contributed by atoms with Crippen molar-refractivity contribution in [2.45, 2.75) is 13.0 Å². The Morgan fingerprint density at radius 2 is 2.19 bits per heavy atom. The smallest absolute Gasteiger partial charge is 0.309 e. The van der Waals surface area contributed by atoms with Crippen molar-refractivity contribution in [1.82, 2.24) is 19.1 Å². The van der Waals surface area contributed by atoms with Gasteiger partial charge in [-0.2, -0.15) is 0 Å². The molecule has 0 aromatic carbocycles. The highest BCUT2D eigenvalue weighted by atomic mass is 16.2. The van der Waals surface area contributed by atoms with E-state index in [2.05, 4.69) is 10.00 Å². The van der Waals surface area contributed by atoms with Crippen molar-refractivity contribution in [3.63, 3.8) is 0 Å². The summed E-state index contributed by atoms with van der Waals surface area (Å²) in [6.07, 6.45) is 2.67. The van der Waals surface area contributed by atoms with Gasteiger partial charge < -0.3 is 4.90 Å². The predicted octanol–water partition coefficient (Wildman–Crippen LogP) is 0.448. The van der Waals surface area contributed by atoms with Crippen LogP contribution in [0.4, 0.5) is 0 Å². The Bertz CT molecular complexity index is 526. The fourth-order valence-corrected chi connectivity index (χ4v) is 1.65. The summed E-state index contributed by atoms with van der Waals surface area (Å²) in [5, 5.41) is 4.26. The molecular weight excluding hydrogens is 204 g/mol. The third-order valence-electron chi connectivity index (χ3n) is 2.46. The van der Waals surface area contributed by atoms with E-state index >= 15 is 0 Å². The van der Waals surface area contributed by atoms with Gasteiger partial charge in [-0.1, -0.05) is 6.07 Å². The van der Waals surface area contributed by atoms with Crippen LogP contribution in [0, 0.1) is 0 Å². The van der Waals surface area contributed by atoms with Crippen molar-refractivity contribution in [2.75, 3.05) is 20.6 Å². The Morgan fingerprint density at radius 3 is 2.88 bits per heavy atom. The van der Waals surface area contributed by atoms with E-state index in [0.717, 1.165) is 13.0 Å². The van der Waals surface area contributed by atoms with Crippen LogP contribution in [0.15, 0.2) is 29.2 Å². The lowest BCUT2D eigenvalue weighted by molar-refractivity contribution is 0.378. The molecule has 5 nitrogen and oxygen atoms in total. The van der Waals surface area contributed by atoms with Crippen LogP contribution in [0.1, 0.15) is 6.42 Å². The molecule has 0 saturated carbocycles. The number of hydrogen-bond acceptors (Lipinski definition) is 3. The van der Waals surface area contributed by atoms with Crippen LogP contribution in [0.25, 0.3) is 5.65 Å². The Kier molecular flexibility index (Phi) is 3.05. The number of aromatic nitrogens is 3. The van der Waals surface area contributed by atoms with Crippen LogP contribution in [0.3, 0.4) is 0 Å². The first kappa shape index (κ1) is 10.9. The van der Waals surface area contributed by atoms with Crippen molar-refractivity contribution in [3.8, 4) is 0 Å². The maximum Gasteiger partial charge on any atom is 0.350 e. The molecule has 0 aliphatic rings. The molecule has 2 heterocycles. The van der Waals surface area contributed by atoms with Gasteiger partial charge in [-0.05, 0) is 39.2 Å². The van der Waals surface area contributed by atoms with E-state index < -0.39 is 0 Å². The first-order valence-corrected chi connectivity index (χ1v) is 5.37. The van der Waals surface area contributed by atoms with Gasteiger partial charge in [0, 0.05) is 12.7 Å². The SMILES string of the molecule is CN(C)CCCn1nc2ccccn2c1=O. The molecule has 0 saturated heterocycles. The van der Waals surface area contributed by atoms with Gasteiger partial charge in [0.2, 0.25) is 0 Å². The van der Waals surface area contributed by atoms with Gasteiger partial charge >= 0.3 is 5.69 Å². The minimum atomic E-state index is -0.0608. The van der Waals surface area contributed by atoms with E-state index in [1.807, 2.05) is 32.3 Å². The molecule has 0 atom stereocenters. The van der Waals surface area contributed by atoms with Gasteiger partial charge in [-0.15, -0.1) is 5.10 Å². The zero-order valence-electron chi connectivity index (χ0n) is 9.63. The summed E-state index contributed by atoms with van der Waals surface area (Å²) in [4.78, 5) is 14.0. The summed E-state index contributed by atoms with van der Waals surface area (Å²) in [5.74, 6) is 0. The fraction of sp³-hybridized carbons (Fsp3) is 0.455. The lowest BCUT2D eigenvalue weighted by Crippen LogP contribution is -2.23. The number of nitrogens with zero attached hydrogens (tertiary/aromatic N) is 4. The van der Waals surface area contributed by atoms with Crippen LogP contribution in [-0.2, 0) is 6.54 Å². The number of fused-ring (bicyclic) bond motifs is 1. The van der Waals surface area contributed by atoms with E-state index in [4.69, 9.17) is 0 Å². The summed E-state index contributed by atoms with van der Waals surface area (Å²) >= 11 is 0. The van der Waals surface area contributed by atoms with Gasteiger partial charge in [-0.3, -0.25) is 4.40 Å². The molecule has 0 bridgehead atoms. The molecule has 2 aromatic heterocycles. The Labute approximate surface area is 93.9 Å². The molecule has 0 N–H and O–H groups in total. The third kappa shape index (κ3) is 2.14. The second-order valence-corrected chi connectivity index (χ2v) is 4.09. The van der Waals surface area contributed by atoms with Gasteiger partial charge in [0.1, 0.15) is 0 Å². The molecule has 2 rings (SSSR count). The second-order valence-electron chi connectivity index (χ2n) is 4.09. The van der Waals surface area contributed by atoms with Crippen LogP contribution >= 0.6 is 0 Å². The standard InChI is InChI=1S/C11H16N4O/c1-13(2)7-5-9-15-11(16)14-8-4-3-6-10(14)12-15/h3-4,6,8H,5,7,9H2,1-2H3. The normalized spacial score (nSPS) is 11.4. The monoisotopic (exact) mass is 220 g/mol. The summed E-state index contributed by atoms with van der Waals surface area (Å²) in [7, 11) is 4.04. The molecule has 0 amide bonds. The number of pyridine rings is 1. The third-order valence-corrected chi connectivity index (χ3v) is 2.46. The maximum absolute atomic E-state index is 11.9. The Morgan fingerprint density at radius 1 is 1.38 bits per heavy atom. The van der Waals surface area contributed by atoms with Gasteiger partial charge in [0.15, 0.2) is 5.65 Å². The molecule has 0 aliphatic heterocycles. The Balaban J connectivity index is 2.19. The van der Waals surface area contributed by atoms with Crippen molar-refractivity contribution in [3.05, 3.63) is 34.9 Å². The lowest BCUT2D eigenvalue weighted by Gasteiger charge is -2.07. The summed E-state index contributed by atoms with van der Waals surface area (Å²) < 4.78 is 3.09. The topological polar surface area (TPSA) is 42.5 Å². The molecule has 5 heteroatoms. The zero-order valence-corrected chi connectivity index (χ0v) is 9.63. The quantitative estimate of drug-likeness (QED) is 0.751. The predicted molar refractivity (Wildman–Crippen MR) is 62.6 cm³/mol. The highest BCUT2D eigenvalue weighted by molar-refractivity contribution is 5.35. The highest BCUT2D eigenvalue weighted by Crippen LogP contribution is 1.96. The van der Waals surface area contributed by atoms with E-state index in [-0.39, 0.29) is 5.69 Å². The molecule has 86 valence electrons. The number of hydrogen-bond donors (Lipinski definition) is 0. The molecular formula is C11H16N4O. The van der Waals surface area contributed by atoms with Crippen LogP contribution in [-0.4, -0.2) is 39.7 Å². The molecule has 16 heavy (non-hydrogen) atoms. The second kappa shape index (κ2) is 4.49. The average Bonchev–Trinajstić information content (AvgIpc) is 2.56. The van der Waals surface area contributed by atoms with E-state index in [1.54, 1.807) is 10.6 Å². The summed E-state index contributed by atoms with van der Waals surface area (Å²) in [6.45, 7) is 1.62. The van der Waals surface area contributed by atoms with Crippen molar-refractivity contribution in [1.29, 1.82) is 0 Å². The minimum absolute atomic E-state index is 0.0608. The molecule has 2 aromatic rings. The minimum Gasteiger partial charge on any atom is -0.309 e. The summed E-state index contributed by atoms with van der Waals surface area (Å²) in [5.41, 5.74) is 0.645. The van der Waals surface area contributed by atoms with E-state index in [1.165, 1.54) is 4.68 Å². The largest absolute Gasteiger partial charge is 0.350 e. The fourth-order valence-electron chi connectivity index (χ4n) is 1.65. The Hall–Kier alpha value is -1.62. The lowest BCUT2D eigenvalue weighted by atomic mass is 10.4. The van der Waals surface area contributed by atoms with Crippen molar-refractivity contribution in [2.24, 2.45) is 0 Å². The molecule has 0 aliphatic carbocycles. The van der Waals surface area contributed by atoms with Crippen LogP contribution in [0.5, 0.6) is 0 Å². The van der Waals surface area contributed by atoms with Gasteiger partial charge in [0.25, 0.3) is 0 Å². The maximum atomic E-state index is 11.9. The number of aryl methyl sites for hydroxylation is 1. The van der Waals surface area contributed by atoms with Gasteiger partial charge in [-0.25, -0.2) is 9.48 Å². The molecule has 0 unspecified atom stereocenters. The molecule has 0 spiro atoms. The molecule has 0 fully saturated rings. The van der Waals surface area contributed by atoms with Crippen molar-refractivity contribution < 1.29 is 0 Å².